The van der Waals surface area contributed by atoms with E-state index in [9.17, 15) is 0 Å². The predicted molar refractivity (Wildman–Crippen MR) is 84.7 cm³/mol. The molecule has 0 bridgehead atoms. The molecule has 0 saturated carbocycles. The van der Waals surface area contributed by atoms with Crippen molar-refractivity contribution in [2.24, 2.45) is 5.84 Å². The molecule has 3 N–H and O–H groups in total. The number of hydrazine groups is 1. The first-order chi connectivity index (χ1) is 9.35. The van der Waals surface area contributed by atoms with Crippen molar-refractivity contribution in [2.75, 3.05) is 14.1 Å². The fourth-order valence-corrected chi connectivity index (χ4v) is 2.45. The van der Waals surface area contributed by atoms with Crippen LogP contribution in [0.5, 0.6) is 5.75 Å². The van der Waals surface area contributed by atoms with Crippen molar-refractivity contribution in [3.05, 3.63) is 29.8 Å². The second-order valence-electron chi connectivity index (χ2n) is 5.94. The molecule has 0 spiro atoms. The summed E-state index contributed by atoms with van der Waals surface area (Å²) in [6, 6.07) is 8.20. The predicted octanol–water partition coefficient (Wildman–Crippen LogP) is 2.71. The van der Waals surface area contributed by atoms with E-state index in [1.165, 1.54) is 0 Å². The van der Waals surface area contributed by atoms with Gasteiger partial charge in [0.1, 0.15) is 5.75 Å². The molecule has 2 atom stereocenters. The van der Waals surface area contributed by atoms with Gasteiger partial charge in [-0.1, -0.05) is 19.1 Å². The van der Waals surface area contributed by atoms with Crippen LogP contribution in [0.25, 0.3) is 0 Å². The van der Waals surface area contributed by atoms with Gasteiger partial charge in [0.05, 0.1) is 12.1 Å². The van der Waals surface area contributed by atoms with Crippen molar-refractivity contribution in [1.29, 1.82) is 0 Å². The van der Waals surface area contributed by atoms with Gasteiger partial charge in [0.25, 0.3) is 0 Å². The maximum absolute atomic E-state index is 5.84. The fraction of sp³-hybridized carbons (Fsp3) is 0.625. The summed E-state index contributed by atoms with van der Waals surface area (Å²) in [7, 11) is 4.17. The third-order valence-corrected chi connectivity index (χ3v) is 4.09. The standard InChI is InChI=1S/C16H29N3O/c1-7-16(4,19(5)6)15(18-17)13-9-8-10-14(11-13)20-12(2)3/h8-12,15,18H,7,17H2,1-6H3. The van der Waals surface area contributed by atoms with E-state index in [2.05, 4.69) is 50.4 Å². The molecule has 0 aromatic heterocycles. The van der Waals surface area contributed by atoms with Gasteiger partial charge in [-0.15, -0.1) is 0 Å². The molecule has 0 aliphatic heterocycles. The number of rotatable bonds is 7. The highest BCUT2D eigenvalue weighted by Gasteiger charge is 2.35. The third kappa shape index (κ3) is 3.72. The third-order valence-electron chi connectivity index (χ3n) is 4.09. The van der Waals surface area contributed by atoms with Gasteiger partial charge in [0, 0.05) is 5.54 Å². The van der Waals surface area contributed by atoms with Gasteiger partial charge in [-0.05, 0) is 59.0 Å². The number of hydrogen-bond acceptors (Lipinski definition) is 4. The lowest BCUT2D eigenvalue weighted by Crippen LogP contribution is -2.52. The van der Waals surface area contributed by atoms with Gasteiger partial charge in [0.15, 0.2) is 0 Å². The Kier molecular flexibility index (Phi) is 5.99. The Balaban J connectivity index is 3.12. The zero-order valence-electron chi connectivity index (χ0n) is 13.6. The molecule has 1 rings (SSSR count). The Bertz CT molecular complexity index is 420. The largest absolute Gasteiger partial charge is 0.491 e. The van der Waals surface area contributed by atoms with E-state index in [4.69, 9.17) is 10.6 Å². The molecule has 0 aliphatic rings. The first kappa shape index (κ1) is 17.0. The molecular formula is C16H29N3O. The van der Waals surface area contributed by atoms with Crippen LogP contribution >= 0.6 is 0 Å². The van der Waals surface area contributed by atoms with Crippen molar-refractivity contribution < 1.29 is 4.74 Å². The van der Waals surface area contributed by atoms with Crippen molar-refractivity contribution in [3.8, 4) is 5.75 Å². The summed E-state index contributed by atoms with van der Waals surface area (Å²) in [5.41, 5.74) is 4.05. The molecule has 4 nitrogen and oxygen atoms in total. The molecule has 2 unspecified atom stereocenters. The highest BCUT2D eigenvalue weighted by Crippen LogP contribution is 2.33. The summed E-state index contributed by atoms with van der Waals surface area (Å²) in [5.74, 6) is 6.72. The zero-order chi connectivity index (χ0) is 15.3. The average molecular weight is 279 g/mol. The minimum atomic E-state index is -0.0643. The SMILES string of the molecule is CCC(C)(C(NN)c1cccc(OC(C)C)c1)N(C)C. The molecule has 0 saturated heterocycles. The number of nitrogens with two attached hydrogens (primary N) is 1. The number of nitrogens with one attached hydrogen (secondary N) is 1. The van der Waals surface area contributed by atoms with E-state index in [-0.39, 0.29) is 17.7 Å². The Hall–Kier alpha value is -1.10. The minimum absolute atomic E-state index is 0.0400. The first-order valence-corrected chi connectivity index (χ1v) is 7.25. The van der Waals surface area contributed by atoms with E-state index < -0.39 is 0 Å². The van der Waals surface area contributed by atoms with Crippen molar-refractivity contribution in [1.82, 2.24) is 10.3 Å². The van der Waals surface area contributed by atoms with Gasteiger partial charge in [-0.2, -0.15) is 0 Å². The Morgan fingerprint density at radius 2 is 2.00 bits per heavy atom. The lowest BCUT2D eigenvalue weighted by molar-refractivity contribution is 0.113. The molecule has 4 heteroatoms. The quantitative estimate of drug-likeness (QED) is 0.595. The average Bonchev–Trinajstić information content (AvgIpc) is 2.38. The molecule has 20 heavy (non-hydrogen) atoms. The Morgan fingerprint density at radius 3 is 2.45 bits per heavy atom. The second-order valence-corrected chi connectivity index (χ2v) is 5.94. The summed E-state index contributed by atoms with van der Waals surface area (Å²) < 4.78 is 5.77. The van der Waals surface area contributed by atoms with Crippen molar-refractivity contribution >= 4 is 0 Å². The molecular weight excluding hydrogens is 250 g/mol. The van der Waals surface area contributed by atoms with Crippen LogP contribution in [0.2, 0.25) is 0 Å². The Morgan fingerprint density at radius 1 is 1.35 bits per heavy atom. The van der Waals surface area contributed by atoms with Gasteiger partial charge in [0.2, 0.25) is 0 Å². The molecule has 1 aromatic rings. The molecule has 114 valence electrons. The van der Waals surface area contributed by atoms with E-state index >= 15 is 0 Å². The van der Waals surface area contributed by atoms with Crippen LogP contribution in [0.15, 0.2) is 24.3 Å². The molecule has 0 fully saturated rings. The van der Waals surface area contributed by atoms with Gasteiger partial charge in [-0.3, -0.25) is 11.3 Å². The van der Waals surface area contributed by atoms with Gasteiger partial charge >= 0.3 is 0 Å². The summed E-state index contributed by atoms with van der Waals surface area (Å²) in [6.45, 7) is 8.45. The number of nitrogens with zero attached hydrogens (tertiary/aromatic N) is 1. The van der Waals surface area contributed by atoms with Crippen LogP contribution in [-0.2, 0) is 0 Å². The van der Waals surface area contributed by atoms with Crippen LogP contribution in [0.3, 0.4) is 0 Å². The lowest BCUT2D eigenvalue weighted by atomic mass is 9.84. The van der Waals surface area contributed by atoms with E-state index in [1.54, 1.807) is 0 Å². The molecule has 1 aromatic carbocycles. The highest BCUT2D eigenvalue weighted by atomic mass is 16.5. The van der Waals surface area contributed by atoms with Crippen LogP contribution < -0.4 is 16.0 Å². The van der Waals surface area contributed by atoms with Crippen LogP contribution in [0.4, 0.5) is 0 Å². The van der Waals surface area contributed by atoms with Gasteiger partial charge < -0.3 is 9.64 Å². The van der Waals surface area contributed by atoms with E-state index in [0.717, 1.165) is 17.7 Å². The molecule has 0 aliphatic carbocycles. The topological polar surface area (TPSA) is 50.5 Å². The summed E-state index contributed by atoms with van der Waals surface area (Å²) in [6.07, 6.45) is 1.16. The number of ether oxygens (including phenoxy) is 1. The monoisotopic (exact) mass is 279 g/mol. The first-order valence-electron chi connectivity index (χ1n) is 7.25. The fourth-order valence-electron chi connectivity index (χ4n) is 2.45. The minimum Gasteiger partial charge on any atom is -0.491 e. The van der Waals surface area contributed by atoms with Crippen molar-refractivity contribution in [2.45, 2.75) is 51.8 Å². The zero-order valence-corrected chi connectivity index (χ0v) is 13.6. The van der Waals surface area contributed by atoms with Gasteiger partial charge in [-0.25, -0.2) is 0 Å². The molecule has 0 heterocycles. The Labute approximate surface area is 123 Å². The molecule has 0 amide bonds. The number of hydrogen-bond donors (Lipinski definition) is 2. The smallest absolute Gasteiger partial charge is 0.120 e. The summed E-state index contributed by atoms with van der Waals surface area (Å²) in [5, 5.41) is 0. The lowest BCUT2D eigenvalue weighted by Gasteiger charge is -2.42. The van der Waals surface area contributed by atoms with Crippen molar-refractivity contribution in [3.63, 3.8) is 0 Å². The normalized spacial score (nSPS) is 16.2. The maximum atomic E-state index is 5.84. The van der Waals surface area contributed by atoms with E-state index in [0.29, 0.717) is 0 Å². The van der Waals surface area contributed by atoms with Crippen LogP contribution in [-0.4, -0.2) is 30.6 Å². The second kappa shape index (κ2) is 7.07. The van der Waals surface area contributed by atoms with Crippen LogP contribution in [0.1, 0.15) is 45.7 Å². The maximum Gasteiger partial charge on any atom is 0.120 e. The van der Waals surface area contributed by atoms with Crippen LogP contribution in [0, 0.1) is 0 Å². The number of benzene rings is 1. The molecule has 0 radical (unpaired) electrons. The highest BCUT2D eigenvalue weighted by molar-refractivity contribution is 5.32. The summed E-state index contributed by atoms with van der Waals surface area (Å²) in [4.78, 5) is 2.22. The summed E-state index contributed by atoms with van der Waals surface area (Å²) >= 11 is 0. The van der Waals surface area contributed by atoms with E-state index in [1.807, 2.05) is 26.0 Å². The number of likely N-dealkylation sites (N-methyl/N-ethyl adjacent to an activating group) is 1.